The highest BCUT2D eigenvalue weighted by Crippen LogP contribution is 2.18. The molecule has 0 aliphatic carbocycles. The fraction of sp³-hybridized carbons (Fsp3) is 0.891. The van der Waals surface area contributed by atoms with Gasteiger partial charge in [-0.05, 0) is 44.9 Å². The number of ether oxygens (including phenoxy) is 3. The molecule has 0 bridgehead atoms. The molecule has 0 saturated heterocycles. The van der Waals surface area contributed by atoms with E-state index >= 15 is 0 Å². The van der Waals surface area contributed by atoms with Crippen LogP contribution in [0.3, 0.4) is 0 Å². The molecule has 6 heteroatoms. The van der Waals surface area contributed by atoms with Crippen LogP contribution in [-0.4, -0.2) is 37.2 Å². The van der Waals surface area contributed by atoms with Crippen LogP contribution >= 0.6 is 0 Å². The molecule has 0 aromatic carbocycles. The first kappa shape index (κ1) is 67.9. The summed E-state index contributed by atoms with van der Waals surface area (Å²) in [4.78, 5) is 38.2. The molecule has 0 saturated carbocycles. The zero-order valence-electron chi connectivity index (χ0n) is 47.3. The van der Waals surface area contributed by atoms with E-state index < -0.39 is 6.10 Å². The zero-order chi connectivity index (χ0) is 50.7. The van der Waals surface area contributed by atoms with E-state index in [9.17, 15) is 14.4 Å². The number of hydrogen-bond donors (Lipinski definition) is 0. The summed E-state index contributed by atoms with van der Waals surface area (Å²) in [6, 6.07) is 0. The fourth-order valence-corrected chi connectivity index (χ4v) is 9.48. The summed E-state index contributed by atoms with van der Waals surface area (Å²) in [7, 11) is 0. The Balaban J connectivity index is 4.22. The van der Waals surface area contributed by atoms with Crippen molar-refractivity contribution in [3.63, 3.8) is 0 Å². The van der Waals surface area contributed by atoms with Crippen molar-refractivity contribution in [3.05, 3.63) is 24.3 Å². The molecule has 0 aliphatic heterocycles. The van der Waals surface area contributed by atoms with Crippen molar-refractivity contribution in [1.82, 2.24) is 0 Å². The van der Waals surface area contributed by atoms with E-state index in [1.54, 1.807) is 0 Å². The first-order valence-electron chi connectivity index (χ1n) is 31.3. The van der Waals surface area contributed by atoms with Gasteiger partial charge in [0.2, 0.25) is 0 Å². The minimum absolute atomic E-state index is 0.0699. The molecule has 0 heterocycles. The molecule has 0 aromatic heterocycles. The average molecular weight is 986 g/mol. The Labute approximate surface area is 436 Å². The SMILES string of the molecule is CCC/C=C\C/C=C\CCCCCCCC(=O)OCC(COC(=O)CCCCCCCCCCCCCCCCCCCCCCCCCC)OC(=O)CCCCCCCCCCCCCCCCC. The van der Waals surface area contributed by atoms with Gasteiger partial charge < -0.3 is 14.2 Å². The number of hydrogen-bond acceptors (Lipinski definition) is 6. The van der Waals surface area contributed by atoms with E-state index in [0.29, 0.717) is 19.3 Å². The first-order chi connectivity index (χ1) is 34.5. The molecule has 70 heavy (non-hydrogen) atoms. The van der Waals surface area contributed by atoms with E-state index in [4.69, 9.17) is 14.2 Å². The molecule has 412 valence electrons. The normalized spacial score (nSPS) is 12.1. The van der Waals surface area contributed by atoms with Crippen LogP contribution in [0.25, 0.3) is 0 Å². The number of allylic oxidation sites excluding steroid dienone is 4. The smallest absolute Gasteiger partial charge is 0.306 e. The Hall–Kier alpha value is -2.11. The molecule has 0 amide bonds. The van der Waals surface area contributed by atoms with Crippen LogP contribution < -0.4 is 0 Å². The third-order valence-corrected chi connectivity index (χ3v) is 14.2. The summed E-state index contributed by atoms with van der Waals surface area (Å²) in [5.74, 6) is -0.860. The monoisotopic (exact) mass is 985 g/mol. The molecule has 0 aliphatic rings. The molecular weight excluding hydrogens is 865 g/mol. The van der Waals surface area contributed by atoms with Crippen LogP contribution in [-0.2, 0) is 28.6 Å². The maximum Gasteiger partial charge on any atom is 0.306 e. The van der Waals surface area contributed by atoms with E-state index in [-0.39, 0.29) is 31.1 Å². The molecule has 0 fully saturated rings. The van der Waals surface area contributed by atoms with Gasteiger partial charge in [0.15, 0.2) is 6.10 Å². The van der Waals surface area contributed by atoms with Gasteiger partial charge in [0, 0.05) is 19.3 Å². The molecular formula is C64H120O6. The number of rotatable bonds is 58. The van der Waals surface area contributed by atoms with Crippen molar-refractivity contribution in [2.75, 3.05) is 13.2 Å². The molecule has 0 N–H and O–H groups in total. The van der Waals surface area contributed by atoms with Crippen LogP contribution in [0.5, 0.6) is 0 Å². The van der Waals surface area contributed by atoms with Gasteiger partial charge >= 0.3 is 17.9 Å². The van der Waals surface area contributed by atoms with Gasteiger partial charge in [-0.25, -0.2) is 0 Å². The molecule has 1 unspecified atom stereocenters. The predicted molar refractivity (Wildman–Crippen MR) is 303 cm³/mol. The van der Waals surface area contributed by atoms with Crippen molar-refractivity contribution < 1.29 is 28.6 Å². The number of carbonyl (C=O) groups is 3. The molecule has 0 rings (SSSR count). The maximum absolute atomic E-state index is 12.9. The Morgan fingerprint density at radius 3 is 0.843 bits per heavy atom. The lowest BCUT2D eigenvalue weighted by Gasteiger charge is -2.18. The third kappa shape index (κ3) is 56.8. The highest BCUT2D eigenvalue weighted by molar-refractivity contribution is 5.71. The van der Waals surface area contributed by atoms with Crippen molar-refractivity contribution in [2.24, 2.45) is 0 Å². The lowest BCUT2D eigenvalue weighted by Crippen LogP contribution is -2.30. The summed E-state index contributed by atoms with van der Waals surface area (Å²) in [6.45, 7) is 6.63. The molecule has 0 radical (unpaired) electrons. The Morgan fingerprint density at radius 1 is 0.286 bits per heavy atom. The van der Waals surface area contributed by atoms with Crippen LogP contribution in [0.4, 0.5) is 0 Å². The van der Waals surface area contributed by atoms with Gasteiger partial charge in [-0.2, -0.15) is 0 Å². The van der Waals surface area contributed by atoms with E-state index in [2.05, 4.69) is 45.1 Å². The summed E-state index contributed by atoms with van der Waals surface area (Å²) in [5.41, 5.74) is 0. The van der Waals surface area contributed by atoms with Crippen molar-refractivity contribution in [1.29, 1.82) is 0 Å². The van der Waals surface area contributed by atoms with Gasteiger partial charge in [0.25, 0.3) is 0 Å². The standard InChI is InChI=1S/C64H120O6/c1-4-7-10-13-16-19-22-25-27-28-29-30-31-32-33-34-35-37-39-42-45-48-51-54-57-63(66)69-60-61(59-68-62(65)56-53-50-47-44-41-38-24-21-18-15-12-9-6-3)70-64(67)58-55-52-49-46-43-40-36-26-23-20-17-14-11-8-5-2/h12,15,21,24,61H,4-11,13-14,16-20,22-23,25-60H2,1-3H3/b15-12-,24-21-. The van der Waals surface area contributed by atoms with Crippen molar-refractivity contribution >= 4 is 17.9 Å². The summed E-state index contributed by atoms with van der Waals surface area (Å²) in [5, 5.41) is 0. The van der Waals surface area contributed by atoms with Gasteiger partial charge in [0.1, 0.15) is 13.2 Å². The minimum atomic E-state index is -0.772. The van der Waals surface area contributed by atoms with Crippen LogP contribution in [0.15, 0.2) is 24.3 Å². The Morgan fingerprint density at radius 2 is 0.543 bits per heavy atom. The minimum Gasteiger partial charge on any atom is -0.462 e. The van der Waals surface area contributed by atoms with Gasteiger partial charge in [-0.15, -0.1) is 0 Å². The van der Waals surface area contributed by atoms with Gasteiger partial charge in [-0.1, -0.05) is 308 Å². The van der Waals surface area contributed by atoms with Crippen molar-refractivity contribution in [2.45, 2.75) is 354 Å². The molecule has 6 nitrogen and oxygen atoms in total. The number of unbranched alkanes of at least 4 members (excludes halogenated alkanes) is 43. The number of carbonyl (C=O) groups excluding carboxylic acids is 3. The molecule has 0 aromatic rings. The second-order valence-electron chi connectivity index (χ2n) is 21.3. The average Bonchev–Trinajstić information content (AvgIpc) is 3.36. The second-order valence-corrected chi connectivity index (χ2v) is 21.3. The van der Waals surface area contributed by atoms with Crippen LogP contribution in [0, 0.1) is 0 Å². The van der Waals surface area contributed by atoms with Crippen LogP contribution in [0.1, 0.15) is 348 Å². The molecule has 0 spiro atoms. The highest BCUT2D eigenvalue weighted by atomic mass is 16.6. The van der Waals surface area contributed by atoms with Gasteiger partial charge in [-0.3, -0.25) is 14.4 Å². The van der Waals surface area contributed by atoms with Crippen LogP contribution in [0.2, 0.25) is 0 Å². The quantitative estimate of drug-likeness (QED) is 0.0261. The topological polar surface area (TPSA) is 78.9 Å². The summed E-state index contributed by atoms with van der Waals surface area (Å²) < 4.78 is 16.9. The lowest BCUT2D eigenvalue weighted by atomic mass is 10.0. The largest absolute Gasteiger partial charge is 0.462 e. The second kappa shape index (κ2) is 59.5. The summed E-state index contributed by atoms with van der Waals surface area (Å²) in [6.07, 6.45) is 70.5. The maximum atomic E-state index is 12.9. The lowest BCUT2D eigenvalue weighted by molar-refractivity contribution is -0.167. The Kier molecular flexibility index (Phi) is 57.7. The summed E-state index contributed by atoms with van der Waals surface area (Å²) >= 11 is 0. The first-order valence-corrected chi connectivity index (χ1v) is 31.3. The fourth-order valence-electron chi connectivity index (χ4n) is 9.48. The van der Waals surface area contributed by atoms with E-state index in [1.165, 1.54) is 225 Å². The zero-order valence-corrected chi connectivity index (χ0v) is 47.3. The van der Waals surface area contributed by atoms with E-state index in [0.717, 1.165) is 83.5 Å². The molecule has 1 atom stereocenters. The van der Waals surface area contributed by atoms with Crippen molar-refractivity contribution in [3.8, 4) is 0 Å². The third-order valence-electron chi connectivity index (χ3n) is 14.2. The van der Waals surface area contributed by atoms with Gasteiger partial charge in [0.05, 0.1) is 0 Å². The predicted octanol–water partition coefficient (Wildman–Crippen LogP) is 21.1. The van der Waals surface area contributed by atoms with E-state index in [1.807, 2.05) is 0 Å². The number of esters is 3. The highest BCUT2D eigenvalue weighted by Gasteiger charge is 2.19. The Bertz CT molecular complexity index is 1130.